The van der Waals surface area contributed by atoms with Crippen molar-refractivity contribution in [2.24, 2.45) is 0 Å². The molecule has 0 radical (unpaired) electrons. The quantitative estimate of drug-likeness (QED) is 0.661. The van der Waals surface area contributed by atoms with E-state index >= 15 is 0 Å². The molecule has 2 atom stereocenters. The minimum absolute atomic E-state index is 0.0255. The maximum atomic E-state index is 12.9. The Hall–Kier alpha value is -2.31. The van der Waals surface area contributed by atoms with Crippen molar-refractivity contribution in [2.75, 3.05) is 12.3 Å². The molecule has 0 aliphatic carbocycles. The average Bonchev–Trinajstić information content (AvgIpc) is 3.07. The number of carbonyl (C=O) groups is 2. The van der Waals surface area contributed by atoms with Crippen LogP contribution in [-0.2, 0) is 27.5 Å². The number of nitrogens with zero attached hydrogens (tertiary/aromatic N) is 1. The molecule has 3 rings (SSSR count). The molecule has 1 aliphatic heterocycles. The smallest absolute Gasteiger partial charge is 0.410 e. The third-order valence-electron chi connectivity index (χ3n) is 5.21. The molecule has 6 heteroatoms. The minimum Gasteiger partial charge on any atom is -0.445 e. The van der Waals surface area contributed by atoms with Crippen LogP contribution in [0, 0.1) is 0 Å². The maximum Gasteiger partial charge on any atom is 0.410 e. The Morgan fingerprint density at radius 3 is 2.21 bits per heavy atom. The Kier molecular flexibility index (Phi) is 7.34. The zero-order valence-corrected chi connectivity index (χ0v) is 17.7. The molecule has 2 aromatic rings. The molecule has 5 nitrogen and oxygen atoms in total. The molecular weight excluding hydrogens is 386 g/mol. The normalized spacial score (nSPS) is 21.2. The van der Waals surface area contributed by atoms with Gasteiger partial charge in [0.05, 0.1) is 18.2 Å². The predicted octanol–water partition coefficient (Wildman–Crippen LogP) is 4.65. The Balaban J connectivity index is 1.67. The van der Waals surface area contributed by atoms with E-state index in [1.165, 1.54) is 11.8 Å². The molecule has 0 aromatic heterocycles. The Morgan fingerprint density at radius 1 is 1.03 bits per heavy atom. The van der Waals surface area contributed by atoms with Gasteiger partial charge in [-0.15, -0.1) is 0 Å². The van der Waals surface area contributed by atoms with Gasteiger partial charge in [0.1, 0.15) is 6.61 Å². The van der Waals surface area contributed by atoms with Crippen LogP contribution in [0.2, 0.25) is 0 Å². The van der Waals surface area contributed by atoms with Gasteiger partial charge < -0.3 is 9.47 Å². The number of ether oxygens (including phenoxy) is 2. The van der Waals surface area contributed by atoms with E-state index in [9.17, 15) is 9.59 Å². The van der Waals surface area contributed by atoms with Gasteiger partial charge in [-0.3, -0.25) is 9.69 Å². The summed E-state index contributed by atoms with van der Waals surface area (Å²) in [5.74, 6) is 0.474. The third kappa shape index (κ3) is 5.61. The van der Waals surface area contributed by atoms with Gasteiger partial charge in [-0.2, -0.15) is 0 Å². The fourth-order valence-electron chi connectivity index (χ4n) is 3.54. The molecule has 0 bridgehead atoms. The summed E-state index contributed by atoms with van der Waals surface area (Å²) < 4.78 is 11.8. The second-order valence-corrected chi connectivity index (χ2v) is 8.56. The van der Waals surface area contributed by atoms with Gasteiger partial charge in [0, 0.05) is 19.2 Å². The fraction of sp³-hybridized carbons (Fsp3) is 0.391. The van der Waals surface area contributed by atoms with Gasteiger partial charge in [-0.1, -0.05) is 72.4 Å². The summed E-state index contributed by atoms with van der Waals surface area (Å²) in [4.78, 5) is 26.2. The molecule has 1 aliphatic rings. The molecule has 0 N–H and O–H groups in total. The number of hydrogen-bond donors (Lipinski definition) is 0. The van der Waals surface area contributed by atoms with Gasteiger partial charge in [-0.25, -0.2) is 4.79 Å². The van der Waals surface area contributed by atoms with Crippen LogP contribution < -0.4 is 0 Å². The van der Waals surface area contributed by atoms with E-state index in [4.69, 9.17) is 9.47 Å². The number of amides is 1. The molecule has 1 heterocycles. The van der Waals surface area contributed by atoms with E-state index in [0.717, 1.165) is 11.1 Å². The topological polar surface area (TPSA) is 55.8 Å². The number of rotatable bonds is 7. The predicted molar refractivity (Wildman–Crippen MR) is 115 cm³/mol. The van der Waals surface area contributed by atoms with E-state index in [2.05, 4.69) is 0 Å². The van der Waals surface area contributed by atoms with Crippen LogP contribution in [0.4, 0.5) is 4.79 Å². The first-order valence-electron chi connectivity index (χ1n) is 9.76. The summed E-state index contributed by atoms with van der Waals surface area (Å²) in [6.07, 6.45) is 0.174. The maximum absolute atomic E-state index is 12.9. The van der Waals surface area contributed by atoms with Crippen LogP contribution in [0.15, 0.2) is 60.7 Å². The molecule has 1 saturated heterocycles. The lowest BCUT2D eigenvalue weighted by molar-refractivity contribution is -0.109. The molecule has 1 amide bonds. The summed E-state index contributed by atoms with van der Waals surface area (Å²) in [6.45, 7) is 4.76. The fourth-order valence-corrected chi connectivity index (χ4v) is 4.37. The van der Waals surface area contributed by atoms with Crippen molar-refractivity contribution in [1.29, 1.82) is 0 Å². The van der Waals surface area contributed by atoms with Crippen LogP contribution >= 0.6 is 11.8 Å². The molecule has 0 saturated carbocycles. The molecule has 1 fully saturated rings. The van der Waals surface area contributed by atoms with Crippen LogP contribution in [-0.4, -0.2) is 40.0 Å². The van der Waals surface area contributed by atoms with Crippen molar-refractivity contribution in [2.45, 2.75) is 45.1 Å². The number of hydrogen-bond acceptors (Lipinski definition) is 5. The highest BCUT2D eigenvalue weighted by Gasteiger charge is 2.49. The Bertz CT molecular complexity index is 814. The summed E-state index contributed by atoms with van der Waals surface area (Å²) in [5.41, 5.74) is 1.41. The summed E-state index contributed by atoms with van der Waals surface area (Å²) >= 11 is 1.22. The molecule has 29 heavy (non-hydrogen) atoms. The van der Waals surface area contributed by atoms with Crippen molar-refractivity contribution < 1.29 is 19.1 Å². The lowest BCUT2D eigenvalue weighted by Crippen LogP contribution is -2.53. The third-order valence-corrected chi connectivity index (χ3v) is 6.35. The van der Waals surface area contributed by atoms with Crippen molar-refractivity contribution in [3.8, 4) is 0 Å². The average molecular weight is 414 g/mol. The number of benzene rings is 2. The van der Waals surface area contributed by atoms with Gasteiger partial charge in [0.2, 0.25) is 0 Å². The monoisotopic (exact) mass is 413 g/mol. The molecular formula is C23H27NO4S. The largest absolute Gasteiger partial charge is 0.445 e. The first-order chi connectivity index (χ1) is 14.0. The lowest BCUT2D eigenvalue weighted by atomic mass is 9.98. The Morgan fingerprint density at radius 2 is 1.62 bits per heavy atom. The van der Waals surface area contributed by atoms with E-state index < -0.39 is 5.54 Å². The minimum atomic E-state index is -0.612. The van der Waals surface area contributed by atoms with Gasteiger partial charge in [-0.05, 0) is 24.5 Å². The van der Waals surface area contributed by atoms with Crippen molar-refractivity contribution in [1.82, 2.24) is 4.90 Å². The van der Waals surface area contributed by atoms with Crippen molar-refractivity contribution in [3.63, 3.8) is 0 Å². The van der Waals surface area contributed by atoms with E-state index in [1.54, 1.807) is 11.8 Å². The van der Waals surface area contributed by atoms with E-state index in [1.807, 2.05) is 67.6 Å². The highest BCUT2D eigenvalue weighted by atomic mass is 32.2. The summed E-state index contributed by atoms with van der Waals surface area (Å²) in [6, 6.07) is 19.6. The standard InChI is InChI=1S/C23H27NO4S/c1-18(25)29-17-23(2)21(27-15-19-9-5-3-6-10-19)13-14-24(23)22(26)28-16-20-11-7-4-8-12-20/h3-12,21H,13-17H2,1-2H3/t21-,23+/m0/s1. The highest BCUT2D eigenvalue weighted by Crippen LogP contribution is 2.36. The first-order valence-corrected chi connectivity index (χ1v) is 10.7. The summed E-state index contributed by atoms with van der Waals surface area (Å²) in [5, 5.41) is 0.0255. The van der Waals surface area contributed by atoms with Crippen molar-refractivity contribution in [3.05, 3.63) is 71.8 Å². The molecule has 2 aromatic carbocycles. The number of carbonyl (C=O) groups excluding carboxylic acids is 2. The lowest BCUT2D eigenvalue weighted by Gasteiger charge is -2.38. The molecule has 0 unspecified atom stereocenters. The first kappa shape index (κ1) is 21.4. The van der Waals surface area contributed by atoms with E-state index in [-0.39, 0.29) is 23.9 Å². The van der Waals surface area contributed by atoms with Crippen molar-refractivity contribution >= 4 is 23.0 Å². The summed E-state index contributed by atoms with van der Waals surface area (Å²) in [7, 11) is 0. The SMILES string of the molecule is CC(=O)SC[C@]1(C)[C@@H](OCc2ccccc2)CCN1C(=O)OCc1ccccc1. The van der Waals surface area contributed by atoms with Crippen LogP contribution in [0.25, 0.3) is 0 Å². The van der Waals surface area contributed by atoms with Gasteiger partial charge in [0.15, 0.2) is 5.12 Å². The number of thioether (sulfide) groups is 1. The Labute approximate surface area is 176 Å². The second kappa shape index (κ2) is 9.94. The zero-order valence-electron chi connectivity index (χ0n) is 16.9. The van der Waals surface area contributed by atoms with Gasteiger partial charge in [0.25, 0.3) is 0 Å². The van der Waals surface area contributed by atoms with Crippen LogP contribution in [0.3, 0.4) is 0 Å². The van der Waals surface area contributed by atoms with Gasteiger partial charge >= 0.3 is 6.09 Å². The number of likely N-dealkylation sites (tertiary alicyclic amines) is 1. The van der Waals surface area contributed by atoms with Crippen LogP contribution in [0.1, 0.15) is 31.4 Å². The van der Waals surface area contributed by atoms with Crippen LogP contribution in [0.5, 0.6) is 0 Å². The zero-order chi connectivity index (χ0) is 20.7. The molecule has 154 valence electrons. The van der Waals surface area contributed by atoms with E-state index in [0.29, 0.717) is 25.3 Å². The molecule has 0 spiro atoms. The highest BCUT2D eigenvalue weighted by molar-refractivity contribution is 8.13. The second-order valence-electron chi connectivity index (χ2n) is 7.40.